The molecule has 0 atom stereocenters. The first-order valence-corrected chi connectivity index (χ1v) is 6.56. The lowest BCUT2D eigenvalue weighted by Crippen LogP contribution is -2.33. The van der Waals surface area contributed by atoms with Gasteiger partial charge in [-0.3, -0.25) is 4.99 Å². The average Bonchev–Trinajstić information content (AvgIpc) is 2.24. The fourth-order valence-corrected chi connectivity index (χ4v) is 2.38. The lowest BCUT2D eigenvalue weighted by molar-refractivity contribution is 0.342. The fraction of sp³-hybridized carbons (Fsp3) is 0.923. The summed E-state index contributed by atoms with van der Waals surface area (Å²) in [6.07, 6.45) is 9.27. The maximum atomic E-state index is 5.51. The molecule has 0 aromatic rings. The van der Waals surface area contributed by atoms with Crippen LogP contribution in [0.4, 0.5) is 0 Å². The number of amidine groups is 1. The highest BCUT2D eigenvalue weighted by atomic mass is 15.3. The van der Waals surface area contributed by atoms with Crippen molar-refractivity contribution >= 4 is 5.84 Å². The number of hydrogen-bond donors (Lipinski definition) is 2. The van der Waals surface area contributed by atoms with Crippen molar-refractivity contribution < 1.29 is 0 Å². The zero-order valence-corrected chi connectivity index (χ0v) is 11.1. The van der Waals surface area contributed by atoms with Crippen LogP contribution in [0.2, 0.25) is 0 Å². The minimum atomic E-state index is -0.0335. The second-order valence-electron chi connectivity index (χ2n) is 5.92. The molecule has 1 rings (SSSR count). The van der Waals surface area contributed by atoms with E-state index in [0.717, 1.165) is 18.2 Å². The molecule has 16 heavy (non-hydrogen) atoms. The normalized spacial score (nSPS) is 19.9. The number of nitrogens with one attached hydrogen (secondary N) is 1. The molecule has 0 radical (unpaired) electrons. The van der Waals surface area contributed by atoms with Crippen molar-refractivity contribution in [3.63, 3.8) is 0 Å². The second-order valence-corrected chi connectivity index (χ2v) is 5.92. The van der Waals surface area contributed by atoms with Gasteiger partial charge in [-0.25, -0.2) is 5.84 Å². The molecule has 0 aromatic heterocycles. The van der Waals surface area contributed by atoms with E-state index < -0.39 is 0 Å². The van der Waals surface area contributed by atoms with Crippen LogP contribution in [0, 0.1) is 5.92 Å². The highest BCUT2D eigenvalue weighted by Gasteiger charge is 2.15. The predicted octanol–water partition coefficient (Wildman–Crippen LogP) is 3.01. The third kappa shape index (κ3) is 5.50. The van der Waals surface area contributed by atoms with Crippen molar-refractivity contribution in [2.75, 3.05) is 0 Å². The molecule has 1 fully saturated rings. The van der Waals surface area contributed by atoms with Crippen LogP contribution in [0.5, 0.6) is 0 Å². The molecular formula is C13H27N3. The minimum absolute atomic E-state index is 0.0335. The van der Waals surface area contributed by atoms with Crippen LogP contribution in [0.15, 0.2) is 4.99 Å². The van der Waals surface area contributed by atoms with Gasteiger partial charge in [0.2, 0.25) is 0 Å². The number of hydrogen-bond acceptors (Lipinski definition) is 2. The van der Waals surface area contributed by atoms with Crippen LogP contribution in [0.25, 0.3) is 0 Å². The summed E-state index contributed by atoms with van der Waals surface area (Å²) in [4.78, 5) is 4.59. The molecule has 0 spiro atoms. The van der Waals surface area contributed by atoms with Gasteiger partial charge < -0.3 is 5.43 Å². The van der Waals surface area contributed by atoms with Gasteiger partial charge in [0.1, 0.15) is 5.84 Å². The van der Waals surface area contributed by atoms with Gasteiger partial charge >= 0.3 is 0 Å². The van der Waals surface area contributed by atoms with Crippen LogP contribution in [-0.4, -0.2) is 11.4 Å². The lowest BCUT2D eigenvalue weighted by Gasteiger charge is -2.22. The van der Waals surface area contributed by atoms with E-state index in [0.29, 0.717) is 0 Å². The summed E-state index contributed by atoms with van der Waals surface area (Å²) in [6, 6.07) is 0. The number of nitrogens with zero attached hydrogens (tertiary/aromatic N) is 1. The van der Waals surface area contributed by atoms with Crippen molar-refractivity contribution in [2.45, 2.75) is 71.3 Å². The molecule has 1 aliphatic rings. The monoisotopic (exact) mass is 225 g/mol. The first-order valence-electron chi connectivity index (χ1n) is 6.56. The van der Waals surface area contributed by atoms with Crippen LogP contribution >= 0.6 is 0 Å². The average molecular weight is 225 g/mol. The molecule has 0 aromatic carbocycles. The zero-order valence-electron chi connectivity index (χ0n) is 11.1. The summed E-state index contributed by atoms with van der Waals surface area (Å²) in [5.41, 5.74) is 2.71. The summed E-state index contributed by atoms with van der Waals surface area (Å²) in [6.45, 7) is 6.31. The first kappa shape index (κ1) is 13.5. The van der Waals surface area contributed by atoms with E-state index in [2.05, 4.69) is 31.2 Å². The first-order chi connectivity index (χ1) is 7.51. The summed E-state index contributed by atoms with van der Waals surface area (Å²) in [5, 5.41) is 0. The third-order valence-corrected chi connectivity index (χ3v) is 3.15. The van der Waals surface area contributed by atoms with Crippen molar-refractivity contribution in [1.82, 2.24) is 5.43 Å². The van der Waals surface area contributed by atoms with Gasteiger partial charge in [-0.05, 0) is 33.1 Å². The van der Waals surface area contributed by atoms with E-state index in [-0.39, 0.29) is 5.54 Å². The van der Waals surface area contributed by atoms with Crippen molar-refractivity contribution in [2.24, 2.45) is 16.8 Å². The largest absolute Gasteiger partial charge is 0.312 e. The highest BCUT2D eigenvalue weighted by Crippen LogP contribution is 2.27. The Kier molecular flexibility index (Phi) is 5.26. The molecule has 0 bridgehead atoms. The van der Waals surface area contributed by atoms with Crippen molar-refractivity contribution in [3.05, 3.63) is 0 Å². The standard InChI is InChI=1S/C13H27N3/c1-13(2,3)15-12(16-14)10-9-11-7-5-4-6-8-11/h11H,4-10,14H2,1-3H3,(H,15,16). The molecule has 3 heteroatoms. The predicted molar refractivity (Wildman–Crippen MR) is 70.3 cm³/mol. The van der Waals surface area contributed by atoms with Gasteiger partial charge in [0, 0.05) is 6.42 Å². The molecule has 94 valence electrons. The number of aliphatic imine (C=N–C) groups is 1. The molecule has 3 nitrogen and oxygen atoms in total. The molecule has 0 heterocycles. The molecule has 3 N–H and O–H groups in total. The summed E-state index contributed by atoms with van der Waals surface area (Å²) in [7, 11) is 0. The summed E-state index contributed by atoms with van der Waals surface area (Å²) < 4.78 is 0. The molecule has 0 aliphatic heterocycles. The second kappa shape index (κ2) is 6.24. The Labute approximate surface area is 99.9 Å². The Morgan fingerprint density at radius 3 is 2.38 bits per heavy atom. The van der Waals surface area contributed by atoms with E-state index in [9.17, 15) is 0 Å². The van der Waals surface area contributed by atoms with Gasteiger partial charge in [-0.2, -0.15) is 0 Å². The Balaban J connectivity index is 2.36. The quantitative estimate of drug-likeness (QED) is 0.336. The van der Waals surface area contributed by atoms with E-state index in [4.69, 9.17) is 5.84 Å². The van der Waals surface area contributed by atoms with E-state index in [1.165, 1.54) is 38.5 Å². The zero-order chi connectivity index (χ0) is 12.0. The Morgan fingerprint density at radius 1 is 1.25 bits per heavy atom. The SMILES string of the molecule is CC(C)(C)N=C(CCC1CCCCC1)NN. The maximum absolute atomic E-state index is 5.51. The van der Waals surface area contributed by atoms with Gasteiger partial charge in [0.05, 0.1) is 5.54 Å². The molecule has 1 aliphatic carbocycles. The van der Waals surface area contributed by atoms with Gasteiger partial charge in [-0.1, -0.05) is 32.1 Å². The van der Waals surface area contributed by atoms with E-state index in [1.807, 2.05) is 0 Å². The van der Waals surface area contributed by atoms with Gasteiger partial charge in [0.15, 0.2) is 0 Å². The third-order valence-electron chi connectivity index (χ3n) is 3.15. The lowest BCUT2D eigenvalue weighted by atomic mass is 9.86. The molecular weight excluding hydrogens is 198 g/mol. The summed E-state index contributed by atoms with van der Waals surface area (Å²) >= 11 is 0. The molecule has 1 saturated carbocycles. The molecule has 0 saturated heterocycles. The minimum Gasteiger partial charge on any atom is -0.312 e. The van der Waals surface area contributed by atoms with Gasteiger partial charge in [0.25, 0.3) is 0 Å². The summed E-state index contributed by atoms with van der Waals surface area (Å²) in [5.74, 6) is 7.37. The van der Waals surface area contributed by atoms with Crippen LogP contribution < -0.4 is 11.3 Å². The molecule has 0 amide bonds. The van der Waals surface area contributed by atoms with Crippen LogP contribution in [-0.2, 0) is 0 Å². The fourth-order valence-electron chi connectivity index (χ4n) is 2.38. The number of rotatable bonds is 3. The highest BCUT2D eigenvalue weighted by molar-refractivity contribution is 5.81. The Morgan fingerprint density at radius 2 is 1.88 bits per heavy atom. The van der Waals surface area contributed by atoms with E-state index >= 15 is 0 Å². The Bertz CT molecular complexity index is 222. The van der Waals surface area contributed by atoms with Crippen molar-refractivity contribution in [3.8, 4) is 0 Å². The van der Waals surface area contributed by atoms with E-state index in [1.54, 1.807) is 0 Å². The Hall–Kier alpha value is -0.570. The van der Waals surface area contributed by atoms with Gasteiger partial charge in [-0.15, -0.1) is 0 Å². The number of hydrazine groups is 1. The number of nitrogens with two attached hydrogens (primary N) is 1. The van der Waals surface area contributed by atoms with Crippen LogP contribution in [0.3, 0.4) is 0 Å². The topological polar surface area (TPSA) is 50.4 Å². The van der Waals surface area contributed by atoms with Crippen molar-refractivity contribution in [1.29, 1.82) is 0 Å². The van der Waals surface area contributed by atoms with Crippen LogP contribution in [0.1, 0.15) is 65.7 Å². The molecule has 0 unspecified atom stereocenters. The maximum Gasteiger partial charge on any atom is 0.111 e. The smallest absolute Gasteiger partial charge is 0.111 e.